The molecule has 0 fully saturated rings. The Labute approximate surface area is 113 Å². The first kappa shape index (κ1) is 13.5. The minimum Gasteiger partial charge on any atom is -0.481 e. The van der Waals surface area contributed by atoms with Gasteiger partial charge in [0.05, 0.1) is 7.11 Å². The number of methoxy groups -OCH3 is 1. The summed E-state index contributed by atoms with van der Waals surface area (Å²) in [6.45, 7) is 5.08. The first-order valence-corrected chi connectivity index (χ1v) is 6.37. The van der Waals surface area contributed by atoms with Crippen LogP contribution in [0.4, 0.5) is 0 Å². The molecule has 0 unspecified atom stereocenters. The third kappa shape index (κ3) is 3.76. The third-order valence-electron chi connectivity index (χ3n) is 2.79. The van der Waals surface area contributed by atoms with Gasteiger partial charge in [0, 0.05) is 48.4 Å². The number of ether oxygens (including phenoxy) is 1. The van der Waals surface area contributed by atoms with E-state index in [1.807, 2.05) is 24.5 Å². The summed E-state index contributed by atoms with van der Waals surface area (Å²) in [5.74, 6) is 0.620. The number of aromatic nitrogens is 2. The lowest BCUT2D eigenvalue weighted by molar-refractivity contribution is 0.398. The van der Waals surface area contributed by atoms with E-state index in [9.17, 15) is 0 Å². The fourth-order valence-corrected chi connectivity index (χ4v) is 1.74. The van der Waals surface area contributed by atoms with Crippen LogP contribution < -0.4 is 10.1 Å². The van der Waals surface area contributed by atoms with Gasteiger partial charge in [0.2, 0.25) is 5.88 Å². The van der Waals surface area contributed by atoms with E-state index in [1.54, 1.807) is 13.3 Å². The van der Waals surface area contributed by atoms with Crippen LogP contribution in [0.25, 0.3) is 11.1 Å². The summed E-state index contributed by atoms with van der Waals surface area (Å²) in [6.07, 6.45) is 5.54. The molecule has 19 heavy (non-hydrogen) atoms. The molecule has 1 N–H and O–H groups in total. The summed E-state index contributed by atoms with van der Waals surface area (Å²) in [5, 5.41) is 3.38. The standard InChI is InChI=1S/C15H19N3O/c1-11(2)17-8-12-6-14(9-16-7-12)13-4-5-15(19-3)18-10-13/h4-7,9-11,17H,8H2,1-3H3. The number of hydrogen-bond donors (Lipinski definition) is 1. The Morgan fingerprint density at radius 2 is 2.00 bits per heavy atom. The normalized spacial score (nSPS) is 10.7. The molecule has 0 saturated heterocycles. The molecule has 0 aliphatic rings. The van der Waals surface area contributed by atoms with E-state index in [1.165, 1.54) is 5.56 Å². The highest BCUT2D eigenvalue weighted by Gasteiger charge is 2.02. The Hall–Kier alpha value is -1.94. The van der Waals surface area contributed by atoms with E-state index in [0.717, 1.165) is 17.7 Å². The molecular formula is C15H19N3O. The van der Waals surface area contributed by atoms with Gasteiger partial charge >= 0.3 is 0 Å². The largest absolute Gasteiger partial charge is 0.481 e. The summed E-state index contributed by atoms with van der Waals surface area (Å²) >= 11 is 0. The van der Waals surface area contributed by atoms with Gasteiger partial charge in [-0.05, 0) is 17.7 Å². The second-order valence-corrected chi connectivity index (χ2v) is 4.71. The van der Waals surface area contributed by atoms with Crippen molar-refractivity contribution in [3.63, 3.8) is 0 Å². The van der Waals surface area contributed by atoms with Crippen LogP contribution in [0.5, 0.6) is 5.88 Å². The molecule has 4 nitrogen and oxygen atoms in total. The maximum Gasteiger partial charge on any atom is 0.212 e. The van der Waals surface area contributed by atoms with Crippen molar-refractivity contribution in [1.82, 2.24) is 15.3 Å². The highest BCUT2D eigenvalue weighted by Crippen LogP contribution is 2.20. The molecule has 0 amide bonds. The molecule has 0 radical (unpaired) electrons. The van der Waals surface area contributed by atoms with Crippen molar-refractivity contribution in [2.75, 3.05) is 7.11 Å². The smallest absolute Gasteiger partial charge is 0.212 e. The van der Waals surface area contributed by atoms with Gasteiger partial charge in [0.1, 0.15) is 0 Å². The zero-order chi connectivity index (χ0) is 13.7. The highest BCUT2D eigenvalue weighted by molar-refractivity contribution is 5.62. The Morgan fingerprint density at radius 1 is 1.16 bits per heavy atom. The zero-order valence-corrected chi connectivity index (χ0v) is 11.6. The van der Waals surface area contributed by atoms with Crippen LogP contribution in [-0.2, 0) is 6.54 Å². The Bertz CT molecular complexity index is 523. The molecule has 2 aromatic heterocycles. The Morgan fingerprint density at radius 3 is 2.63 bits per heavy atom. The number of rotatable bonds is 5. The predicted octanol–water partition coefficient (Wildman–Crippen LogP) is 2.65. The van der Waals surface area contributed by atoms with Crippen LogP contribution in [0.3, 0.4) is 0 Å². The summed E-state index contributed by atoms with van der Waals surface area (Å²) in [5.41, 5.74) is 3.28. The van der Waals surface area contributed by atoms with Gasteiger partial charge in [0.15, 0.2) is 0 Å². The van der Waals surface area contributed by atoms with Crippen molar-refractivity contribution in [1.29, 1.82) is 0 Å². The second kappa shape index (κ2) is 6.29. The highest BCUT2D eigenvalue weighted by atomic mass is 16.5. The van der Waals surface area contributed by atoms with Gasteiger partial charge in [-0.25, -0.2) is 4.98 Å². The lowest BCUT2D eigenvalue weighted by atomic mass is 10.1. The van der Waals surface area contributed by atoms with Crippen LogP contribution in [0, 0.1) is 0 Å². The van der Waals surface area contributed by atoms with Crippen molar-refractivity contribution in [2.24, 2.45) is 0 Å². The molecule has 2 rings (SSSR count). The molecule has 2 heterocycles. The van der Waals surface area contributed by atoms with Crippen LogP contribution >= 0.6 is 0 Å². The monoisotopic (exact) mass is 257 g/mol. The Kier molecular flexibility index (Phi) is 4.47. The van der Waals surface area contributed by atoms with Crippen LogP contribution in [0.1, 0.15) is 19.4 Å². The summed E-state index contributed by atoms with van der Waals surface area (Å²) < 4.78 is 5.06. The van der Waals surface area contributed by atoms with Crippen molar-refractivity contribution >= 4 is 0 Å². The molecule has 0 atom stereocenters. The van der Waals surface area contributed by atoms with Crippen molar-refractivity contribution < 1.29 is 4.74 Å². The molecule has 2 aromatic rings. The summed E-state index contributed by atoms with van der Waals surface area (Å²) in [6, 6.07) is 6.44. The quantitative estimate of drug-likeness (QED) is 0.894. The van der Waals surface area contributed by atoms with Crippen molar-refractivity contribution in [2.45, 2.75) is 26.4 Å². The van der Waals surface area contributed by atoms with Gasteiger partial charge in [0.25, 0.3) is 0 Å². The van der Waals surface area contributed by atoms with Gasteiger partial charge in [-0.3, -0.25) is 4.98 Å². The van der Waals surface area contributed by atoms with Gasteiger partial charge < -0.3 is 10.1 Å². The molecule has 0 aromatic carbocycles. The average Bonchev–Trinajstić information content (AvgIpc) is 2.45. The summed E-state index contributed by atoms with van der Waals surface area (Å²) in [7, 11) is 1.61. The number of nitrogens with one attached hydrogen (secondary N) is 1. The fourth-order valence-electron chi connectivity index (χ4n) is 1.74. The first-order valence-electron chi connectivity index (χ1n) is 6.37. The average molecular weight is 257 g/mol. The van der Waals surface area contributed by atoms with E-state index in [2.05, 4.69) is 35.2 Å². The maximum absolute atomic E-state index is 5.06. The third-order valence-corrected chi connectivity index (χ3v) is 2.79. The van der Waals surface area contributed by atoms with Crippen LogP contribution in [-0.4, -0.2) is 23.1 Å². The molecular weight excluding hydrogens is 238 g/mol. The minimum atomic E-state index is 0.464. The zero-order valence-electron chi connectivity index (χ0n) is 11.6. The van der Waals surface area contributed by atoms with E-state index < -0.39 is 0 Å². The van der Waals surface area contributed by atoms with E-state index in [0.29, 0.717) is 11.9 Å². The van der Waals surface area contributed by atoms with Crippen molar-refractivity contribution in [3.05, 3.63) is 42.4 Å². The molecule has 100 valence electrons. The molecule has 0 aliphatic heterocycles. The van der Waals surface area contributed by atoms with E-state index >= 15 is 0 Å². The predicted molar refractivity (Wildman–Crippen MR) is 76.0 cm³/mol. The van der Waals surface area contributed by atoms with Gasteiger partial charge in [-0.1, -0.05) is 13.8 Å². The molecule has 4 heteroatoms. The van der Waals surface area contributed by atoms with E-state index in [4.69, 9.17) is 4.74 Å². The number of hydrogen-bond acceptors (Lipinski definition) is 4. The van der Waals surface area contributed by atoms with Crippen LogP contribution in [0.15, 0.2) is 36.8 Å². The van der Waals surface area contributed by atoms with Crippen LogP contribution in [0.2, 0.25) is 0 Å². The topological polar surface area (TPSA) is 47.0 Å². The SMILES string of the molecule is COc1ccc(-c2cncc(CNC(C)C)c2)cn1. The summed E-state index contributed by atoms with van der Waals surface area (Å²) in [4.78, 5) is 8.49. The lowest BCUT2D eigenvalue weighted by Crippen LogP contribution is -2.21. The van der Waals surface area contributed by atoms with E-state index in [-0.39, 0.29) is 0 Å². The minimum absolute atomic E-state index is 0.464. The first-order chi connectivity index (χ1) is 9.19. The van der Waals surface area contributed by atoms with Gasteiger partial charge in [-0.15, -0.1) is 0 Å². The second-order valence-electron chi connectivity index (χ2n) is 4.71. The lowest BCUT2D eigenvalue weighted by Gasteiger charge is -2.09. The van der Waals surface area contributed by atoms with Crippen molar-refractivity contribution in [3.8, 4) is 17.0 Å². The molecule has 0 aliphatic carbocycles. The Balaban J connectivity index is 2.17. The molecule has 0 bridgehead atoms. The maximum atomic E-state index is 5.06. The number of nitrogens with zero attached hydrogens (tertiary/aromatic N) is 2. The molecule has 0 spiro atoms. The number of pyridine rings is 2. The fraction of sp³-hybridized carbons (Fsp3) is 0.333. The molecule has 0 saturated carbocycles. The van der Waals surface area contributed by atoms with Gasteiger partial charge in [-0.2, -0.15) is 0 Å².